The molecular formula is C12H26N2O2S. The van der Waals surface area contributed by atoms with Gasteiger partial charge < -0.3 is 5.73 Å². The van der Waals surface area contributed by atoms with Gasteiger partial charge in [0.25, 0.3) is 0 Å². The Balaban J connectivity index is 2.37. The van der Waals surface area contributed by atoms with E-state index in [1.54, 1.807) is 0 Å². The predicted octanol–water partition coefficient (Wildman–Crippen LogP) is 0.870. The molecule has 4 nitrogen and oxygen atoms in total. The lowest BCUT2D eigenvalue weighted by Gasteiger charge is -2.38. The number of piperidine rings is 1. The Morgan fingerprint density at radius 3 is 2.65 bits per heavy atom. The van der Waals surface area contributed by atoms with Crippen LogP contribution in [0.3, 0.4) is 0 Å². The number of nitrogens with zero attached hydrogens (tertiary/aromatic N) is 1. The van der Waals surface area contributed by atoms with Gasteiger partial charge in [-0.2, -0.15) is 0 Å². The topological polar surface area (TPSA) is 63.4 Å². The Labute approximate surface area is 105 Å². The first kappa shape index (κ1) is 14.9. The smallest absolute Gasteiger partial charge is 0.147 e. The molecule has 1 aliphatic heterocycles. The number of rotatable bonds is 6. The van der Waals surface area contributed by atoms with Crippen LogP contribution >= 0.6 is 0 Å². The molecule has 0 aliphatic carbocycles. The van der Waals surface area contributed by atoms with Crippen LogP contribution in [0.25, 0.3) is 0 Å². The van der Waals surface area contributed by atoms with E-state index in [1.165, 1.54) is 25.5 Å². The summed E-state index contributed by atoms with van der Waals surface area (Å²) in [5.74, 6) is 1.09. The zero-order chi connectivity index (χ0) is 12.9. The summed E-state index contributed by atoms with van der Waals surface area (Å²) in [4.78, 5) is 2.37. The van der Waals surface area contributed by atoms with E-state index in [-0.39, 0.29) is 5.75 Å². The molecule has 0 bridgehead atoms. The molecule has 0 aromatic heterocycles. The second-order valence-electron chi connectivity index (χ2n) is 5.21. The second kappa shape index (κ2) is 6.71. The Morgan fingerprint density at radius 2 is 2.12 bits per heavy atom. The van der Waals surface area contributed by atoms with E-state index in [0.29, 0.717) is 12.6 Å². The average Bonchev–Trinajstić information content (AvgIpc) is 2.27. The minimum Gasteiger partial charge on any atom is -0.329 e. The van der Waals surface area contributed by atoms with Crippen molar-refractivity contribution in [3.8, 4) is 0 Å². The summed E-state index contributed by atoms with van der Waals surface area (Å²) < 4.78 is 22.2. The lowest BCUT2D eigenvalue weighted by molar-refractivity contribution is 0.115. The van der Waals surface area contributed by atoms with Crippen LogP contribution in [0.4, 0.5) is 0 Å². The summed E-state index contributed by atoms with van der Waals surface area (Å²) in [5.41, 5.74) is 5.81. The molecule has 17 heavy (non-hydrogen) atoms. The maximum Gasteiger partial charge on any atom is 0.147 e. The van der Waals surface area contributed by atoms with Gasteiger partial charge in [-0.15, -0.1) is 0 Å². The predicted molar refractivity (Wildman–Crippen MR) is 71.8 cm³/mol. The van der Waals surface area contributed by atoms with Gasteiger partial charge in [-0.3, -0.25) is 4.90 Å². The van der Waals surface area contributed by atoms with Crippen LogP contribution in [0.1, 0.15) is 32.6 Å². The molecule has 1 rings (SSSR count). The molecule has 2 unspecified atom stereocenters. The summed E-state index contributed by atoms with van der Waals surface area (Å²) in [6.45, 7) is 4.86. The molecule has 0 spiro atoms. The highest BCUT2D eigenvalue weighted by molar-refractivity contribution is 7.90. The molecule has 0 saturated carbocycles. The average molecular weight is 262 g/mol. The van der Waals surface area contributed by atoms with Crippen LogP contribution in [0, 0.1) is 5.92 Å². The maximum absolute atomic E-state index is 11.1. The summed E-state index contributed by atoms with van der Waals surface area (Å²) in [6, 6.07) is 0.452. The van der Waals surface area contributed by atoms with Crippen molar-refractivity contribution in [3.63, 3.8) is 0 Å². The summed E-state index contributed by atoms with van der Waals surface area (Å²) in [7, 11) is -2.82. The van der Waals surface area contributed by atoms with E-state index < -0.39 is 9.84 Å². The number of sulfone groups is 1. The van der Waals surface area contributed by atoms with Crippen molar-refractivity contribution < 1.29 is 8.42 Å². The molecule has 1 saturated heterocycles. The Bertz CT molecular complexity index is 316. The molecule has 0 aromatic carbocycles. The van der Waals surface area contributed by atoms with E-state index in [2.05, 4.69) is 11.8 Å². The van der Waals surface area contributed by atoms with Crippen molar-refractivity contribution >= 4 is 9.84 Å². The summed E-state index contributed by atoms with van der Waals surface area (Å²) in [6.07, 6.45) is 5.66. The van der Waals surface area contributed by atoms with Crippen molar-refractivity contribution in [1.29, 1.82) is 0 Å². The van der Waals surface area contributed by atoms with E-state index in [9.17, 15) is 8.42 Å². The molecular weight excluding hydrogens is 236 g/mol. The lowest BCUT2D eigenvalue weighted by atomic mass is 9.89. The van der Waals surface area contributed by atoms with Crippen LogP contribution in [0.15, 0.2) is 0 Å². The van der Waals surface area contributed by atoms with Crippen LogP contribution in [-0.4, -0.2) is 51.0 Å². The van der Waals surface area contributed by atoms with Gasteiger partial charge in [0, 0.05) is 18.8 Å². The maximum atomic E-state index is 11.1. The number of nitrogens with two attached hydrogens (primary N) is 1. The Hall–Kier alpha value is -0.130. The van der Waals surface area contributed by atoms with Gasteiger partial charge in [-0.1, -0.05) is 13.3 Å². The monoisotopic (exact) mass is 262 g/mol. The number of hydrogen-bond donors (Lipinski definition) is 1. The van der Waals surface area contributed by atoms with Crippen LogP contribution in [-0.2, 0) is 9.84 Å². The third kappa shape index (κ3) is 5.36. The fourth-order valence-corrected chi connectivity index (χ4v) is 3.28. The summed E-state index contributed by atoms with van der Waals surface area (Å²) >= 11 is 0. The molecule has 102 valence electrons. The first-order valence-corrected chi connectivity index (χ1v) is 8.64. The third-order valence-electron chi connectivity index (χ3n) is 3.76. The fraction of sp³-hybridized carbons (Fsp3) is 1.00. The van der Waals surface area contributed by atoms with Crippen LogP contribution < -0.4 is 5.73 Å². The largest absolute Gasteiger partial charge is 0.329 e. The first-order valence-electron chi connectivity index (χ1n) is 6.58. The normalized spacial score (nSPS) is 27.2. The molecule has 0 aromatic rings. The highest BCUT2D eigenvalue weighted by Gasteiger charge is 2.26. The van der Waals surface area contributed by atoms with Gasteiger partial charge in [-0.05, 0) is 38.3 Å². The Kier molecular flexibility index (Phi) is 5.89. The molecule has 5 heteroatoms. The van der Waals surface area contributed by atoms with E-state index in [0.717, 1.165) is 25.4 Å². The van der Waals surface area contributed by atoms with Crippen molar-refractivity contribution in [2.45, 2.75) is 38.6 Å². The molecule has 1 fully saturated rings. The molecule has 2 N–H and O–H groups in total. The minimum absolute atomic E-state index is 0.290. The minimum atomic E-state index is -2.82. The summed E-state index contributed by atoms with van der Waals surface area (Å²) in [5, 5.41) is 0. The third-order valence-corrected chi connectivity index (χ3v) is 4.79. The molecule has 0 radical (unpaired) electrons. The SMILES string of the molecule is CCC1CCN(CCCS(C)(=O)=O)C(CN)C1. The molecule has 0 amide bonds. The van der Waals surface area contributed by atoms with Crippen molar-refractivity contribution in [1.82, 2.24) is 4.90 Å². The standard InChI is InChI=1S/C12H26N2O2S/c1-3-11-5-7-14(12(9-11)10-13)6-4-8-17(2,15)16/h11-12H,3-10,13H2,1-2H3. The van der Waals surface area contributed by atoms with Crippen molar-refractivity contribution in [3.05, 3.63) is 0 Å². The van der Waals surface area contributed by atoms with Gasteiger partial charge in [0.15, 0.2) is 0 Å². The van der Waals surface area contributed by atoms with E-state index in [4.69, 9.17) is 5.73 Å². The van der Waals surface area contributed by atoms with Crippen LogP contribution in [0.5, 0.6) is 0 Å². The zero-order valence-corrected chi connectivity index (χ0v) is 11.9. The van der Waals surface area contributed by atoms with Gasteiger partial charge in [0.2, 0.25) is 0 Å². The molecule has 2 atom stereocenters. The van der Waals surface area contributed by atoms with Gasteiger partial charge in [0.05, 0.1) is 5.75 Å². The van der Waals surface area contributed by atoms with Crippen molar-refractivity contribution in [2.75, 3.05) is 31.6 Å². The van der Waals surface area contributed by atoms with Gasteiger partial charge in [-0.25, -0.2) is 8.42 Å². The van der Waals surface area contributed by atoms with Crippen LogP contribution in [0.2, 0.25) is 0 Å². The zero-order valence-electron chi connectivity index (χ0n) is 11.1. The molecule has 1 heterocycles. The highest BCUT2D eigenvalue weighted by Crippen LogP contribution is 2.24. The number of hydrogen-bond acceptors (Lipinski definition) is 4. The quantitative estimate of drug-likeness (QED) is 0.771. The van der Waals surface area contributed by atoms with E-state index >= 15 is 0 Å². The Morgan fingerprint density at radius 1 is 1.41 bits per heavy atom. The molecule has 1 aliphatic rings. The second-order valence-corrected chi connectivity index (χ2v) is 7.47. The first-order chi connectivity index (χ1) is 7.96. The van der Waals surface area contributed by atoms with Gasteiger partial charge >= 0.3 is 0 Å². The number of likely N-dealkylation sites (tertiary alicyclic amines) is 1. The lowest BCUT2D eigenvalue weighted by Crippen LogP contribution is -2.47. The highest BCUT2D eigenvalue weighted by atomic mass is 32.2. The fourth-order valence-electron chi connectivity index (χ4n) is 2.62. The van der Waals surface area contributed by atoms with E-state index in [1.807, 2.05) is 0 Å². The van der Waals surface area contributed by atoms with Crippen molar-refractivity contribution in [2.24, 2.45) is 11.7 Å². The van der Waals surface area contributed by atoms with Gasteiger partial charge in [0.1, 0.15) is 9.84 Å².